The maximum atomic E-state index is 15.4. The molecule has 0 unspecified atom stereocenters. The van der Waals surface area contributed by atoms with Gasteiger partial charge in [0.15, 0.2) is 0 Å². The summed E-state index contributed by atoms with van der Waals surface area (Å²) in [7, 11) is 2.96. The van der Waals surface area contributed by atoms with Crippen molar-refractivity contribution in [3.63, 3.8) is 0 Å². The quantitative estimate of drug-likeness (QED) is 0.318. The highest BCUT2D eigenvalue weighted by Crippen LogP contribution is 2.37. The minimum Gasteiger partial charge on any atom is -0.497 e. The normalized spacial score (nSPS) is 12.2. The molecule has 1 heterocycles. The number of rotatable bonds is 10. The first kappa shape index (κ1) is 27.6. The summed E-state index contributed by atoms with van der Waals surface area (Å²) in [6, 6.07) is 16.7. The molecule has 0 aliphatic rings. The van der Waals surface area contributed by atoms with E-state index in [-0.39, 0.29) is 12.2 Å². The molecule has 0 bridgehead atoms. The molecule has 204 valence electrons. The van der Waals surface area contributed by atoms with Crippen molar-refractivity contribution in [2.45, 2.75) is 45.3 Å². The molecule has 0 saturated carbocycles. The van der Waals surface area contributed by atoms with E-state index >= 15 is 4.39 Å². The molecule has 1 aromatic heterocycles. The summed E-state index contributed by atoms with van der Waals surface area (Å²) in [4.78, 5) is 29.4. The molecule has 1 atom stereocenters. The predicted molar refractivity (Wildman–Crippen MR) is 146 cm³/mol. The van der Waals surface area contributed by atoms with Gasteiger partial charge < -0.3 is 14.8 Å². The Kier molecular flexibility index (Phi) is 8.13. The van der Waals surface area contributed by atoms with Gasteiger partial charge in [0, 0.05) is 11.1 Å². The summed E-state index contributed by atoms with van der Waals surface area (Å²) in [6.45, 7) is 5.41. The van der Waals surface area contributed by atoms with E-state index in [4.69, 9.17) is 9.47 Å². The summed E-state index contributed by atoms with van der Waals surface area (Å²) in [5.41, 5.74) is 0.906. The van der Waals surface area contributed by atoms with Gasteiger partial charge in [-0.05, 0) is 62.7 Å². The van der Waals surface area contributed by atoms with Gasteiger partial charge in [0.2, 0.25) is 11.8 Å². The Bertz CT molecular complexity index is 1490. The lowest BCUT2D eigenvalue weighted by molar-refractivity contribution is -0.128. The number of fused-ring (bicyclic) bond motifs is 1. The standard InChI is InChI=1S/C29H32FN5O4/c1-6-29(2,3)31-28(37)27(20-17-19(38-4)15-16-25(20)39-5)35(23-13-9-7-11-21(23)30)26(36)18-34-24-14-10-8-12-22(24)32-33-34/h7-17,27H,6,18H2,1-5H3,(H,31,37)/t27-/m0/s1. The number of benzene rings is 3. The van der Waals surface area contributed by atoms with Crippen molar-refractivity contribution in [2.24, 2.45) is 0 Å². The number of aromatic nitrogens is 3. The summed E-state index contributed by atoms with van der Waals surface area (Å²) in [5, 5.41) is 11.3. The van der Waals surface area contributed by atoms with Crippen LogP contribution in [-0.4, -0.2) is 46.6 Å². The van der Waals surface area contributed by atoms with Crippen LogP contribution in [0.25, 0.3) is 11.0 Å². The smallest absolute Gasteiger partial charge is 0.249 e. The minimum absolute atomic E-state index is 0.0637. The molecular weight excluding hydrogens is 501 g/mol. The Morgan fingerprint density at radius 1 is 1.05 bits per heavy atom. The highest BCUT2D eigenvalue weighted by molar-refractivity contribution is 6.02. The first-order valence-electron chi connectivity index (χ1n) is 12.6. The molecule has 0 spiro atoms. The molecule has 4 aromatic rings. The maximum Gasteiger partial charge on any atom is 0.249 e. The minimum atomic E-state index is -1.31. The number of methoxy groups -OCH3 is 2. The highest BCUT2D eigenvalue weighted by atomic mass is 19.1. The van der Waals surface area contributed by atoms with Crippen LogP contribution in [0.3, 0.4) is 0 Å². The molecule has 0 aliphatic carbocycles. The van der Waals surface area contributed by atoms with E-state index < -0.39 is 29.2 Å². The second-order valence-corrected chi connectivity index (χ2v) is 9.69. The molecule has 0 radical (unpaired) electrons. The van der Waals surface area contributed by atoms with E-state index in [1.165, 1.54) is 37.1 Å². The molecule has 0 fully saturated rings. The van der Waals surface area contributed by atoms with Gasteiger partial charge in [-0.1, -0.05) is 36.4 Å². The number of halogens is 1. The van der Waals surface area contributed by atoms with Gasteiger partial charge in [-0.3, -0.25) is 14.5 Å². The summed E-state index contributed by atoms with van der Waals surface area (Å²) < 4.78 is 27.8. The molecule has 2 amide bonds. The number of para-hydroxylation sites is 2. The topological polar surface area (TPSA) is 98.6 Å². The van der Waals surface area contributed by atoms with Gasteiger partial charge in [-0.15, -0.1) is 5.10 Å². The fourth-order valence-corrected chi connectivity index (χ4v) is 4.24. The Labute approximate surface area is 226 Å². The van der Waals surface area contributed by atoms with Crippen molar-refractivity contribution in [1.82, 2.24) is 20.3 Å². The SMILES string of the molecule is CCC(C)(C)NC(=O)[C@H](c1cc(OC)ccc1OC)N(C(=O)Cn1nnc2ccccc21)c1ccccc1F. The number of nitrogens with zero attached hydrogens (tertiary/aromatic N) is 4. The van der Waals surface area contributed by atoms with Gasteiger partial charge in [0.1, 0.15) is 35.4 Å². The third kappa shape index (κ3) is 5.84. The van der Waals surface area contributed by atoms with Crippen LogP contribution in [0.1, 0.15) is 38.8 Å². The van der Waals surface area contributed by atoms with Crippen molar-refractivity contribution in [2.75, 3.05) is 19.1 Å². The Hall–Kier alpha value is -4.47. The third-order valence-electron chi connectivity index (χ3n) is 6.67. The lowest BCUT2D eigenvalue weighted by atomic mass is 9.97. The van der Waals surface area contributed by atoms with Crippen LogP contribution in [-0.2, 0) is 16.1 Å². The predicted octanol–water partition coefficient (Wildman–Crippen LogP) is 4.67. The van der Waals surface area contributed by atoms with Crippen LogP contribution in [0.15, 0.2) is 66.7 Å². The van der Waals surface area contributed by atoms with E-state index in [2.05, 4.69) is 15.6 Å². The van der Waals surface area contributed by atoms with Gasteiger partial charge in [-0.2, -0.15) is 0 Å². The van der Waals surface area contributed by atoms with Gasteiger partial charge in [0.25, 0.3) is 0 Å². The van der Waals surface area contributed by atoms with Crippen LogP contribution in [0.5, 0.6) is 11.5 Å². The van der Waals surface area contributed by atoms with Crippen LogP contribution >= 0.6 is 0 Å². The van der Waals surface area contributed by atoms with Gasteiger partial charge in [-0.25, -0.2) is 9.07 Å². The molecule has 10 heteroatoms. The number of nitrogens with one attached hydrogen (secondary N) is 1. The van der Waals surface area contributed by atoms with Crippen molar-refractivity contribution >= 4 is 28.5 Å². The number of hydrogen-bond donors (Lipinski definition) is 1. The van der Waals surface area contributed by atoms with E-state index in [1.54, 1.807) is 36.4 Å². The van der Waals surface area contributed by atoms with E-state index in [1.807, 2.05) is 32.9 Å². The van der Waals surface area contributed by atoms with Crippen molar-refractivity contribution < 1.29 is 23.5 Å². The molecule has 39 heavy (non-hydrogen) atoms. The maximum absolute atomic E-state index is 15.4. The summed E-state index contributed by atoms with van der Waals surface area (Å²) in [6.07, 6.45) is 0.624. The first-order chi connectivity index (χ1) is 18.7. The molecule has 4 rings (SSSR count). The molecule has 9 nitrogen and oxygen atoms in total. The Balaban J connectivity index is 1.91. The van der Waals surface area contributed by atoms with Crippen molar-refractivity contribution in [1.29, 1.82) is 0 Å². The average Bonchev–Trinajstić information content (AvgIpc) is 3.34. The van der Waals surface area contributed by atoms with Crippen LogP contribution in [0, 0.1) is 5.82 Å². The number of carbonyl (C=O) groups is 2. The number of amides is 2. The molecular formula is C29H32FN5O4. The van der Waals surface area contributed by atoms with Crippen molar-refractivity contribution in [3.05, 3.63) is 78.1 Å². The molecule has 0 aliphatic heterocycles. The molecule has 1 N–H and O–H groups in total. The zero-order chi connectivity index (χ0) is 28.2. The van der Waals surface area contributed by atoms with E-state index in [0.717, 1.165) is 4.90 Å². The monoisotopic (exact) mass is 533 g/mol. The first-order valence-corrected chi connectivity index (χ1v) is 12.6. The van der Waals surface area contributed by atoms with E-state index in [0.29, 0.717) is 34.5 Å². The fraction of sp³-hybridized carbons (Fsp3) is 0.310. The second kappa shape index (κ2) is 11.5. The zero-order valence-corrected chi connectivity index (χ0v) is 22.6. The van der Waals surface area contributed by atoms with E-state index in [9.17, 15) is 9.59 Å². The number of hydrogen-bond acceptors (Lipinski definition) is 6. The van der Waals surface area contributed by atoms with Crippen LogP contribution in [0.2, 0.25) is 0 Å². The largest absolute Gasteiger partial charge is 0.497 e. The van der Waals surface area contributed by atoms with Crippen LogP contribution in [0.4, 0.5) is 10.1 Å². The lowest BCUT2D eigenvalue weighted by Crippen LogP contribution is -2.51. The lowest BCUT2D eigenvalue weighted by Gasteiger charge is -2.35. The summed E-state index contributed by atoms with van der Waals surface area (Å²) >= 11 is 0. The Morgan fingerprint density at radius 3 is 2.46 bits per heavy atom. The fourth-order valence-electron chi connectivity index (χ4n) is 4.24. The number of carbonyl (C=O) groups excluding carboxylic acids is 2. The molecule has 0 saturated heterocycles. The zero-order valence-electron chi connectivity index (χ0n) is 22.6. The Morgan fingerprint density at radius 2 is 1.77 bits per heavy atom. The number of ether oxygens (including phenoxy) is 2. The second-order valence-electron chi connectivity index (χ2n) is 9.69. The average molecular weight is 534 g/mol. The van der Waals surface area contributed by atoms with Gasteiger partial charge >= 0.3 is 0 Å². The summed E-state index contributed by atoms with van der Waals surface area (Å²) in [5.74, 6) is -0.959. The highest BCUT2D eigenvalue weighted by Gasteiger charge is 2.38. The third-order valence-corrected chi connectivity index (χ3v) is 6.67. The van der Waals surface area contributed by atoms with Crippen LogP contribution < -0.4 is 19.7 Å². The number of anilines is 1. The van der Waals surface area contributed by atoms with Gasteiger partial charge in [0.05, 0.1) is 25.4 Å². The molecule has 3 aromatic carbocycles. The van der Waals surface area contributed by atoms with Crippen molar-refractivity contribution in [3.8, 4) is 11.5 Å².